The van der Waals surface area contributed by atoms with Gasteiger partial charge in [0.2, 0.25) is 0 Å². The summed E-state index contributed by atoms with van der Waals surface area (Å²) in [5.41, 5.74) is 7.69. The van der Waals surface area contributed by atoms with Gasteiger partial charge in [-0.15, -0.1) is 5.10 Å². The van der Waals surface area contributed by atoms with Crippen LogP contribution in [0.2, 0.25) is 5.02 Å². The van der Waals surface area contributed by atoms with E-state index in [-0.39, 0.29) is 5.41 Å². The molecule has 0 aliphatic heterocycles. The van der Waals surface area contributed by atoms with Crippen molar-refractivity contribution in [2.75, 3.05) is 5.73 Å². The van der Waals surface area contributed by atoms with Crippen LogP contribution >= 0.6 is 11.6 Å². The van der Waals surface area contributed by atoms with Crippen LogP contribution < -0.4 is 5.73 Å². The van der Waals surface area contributed by atoms with Crippen molar-refractivity contribution < 1.29 is 0 Å². The predicted molar refractivity (Wildman–Crippen MR) is 79.3 cm³/mol. The summed E-state index contributed by atoms with van der Waals surface area (Å²) in [7, 11) is 0. The van der Waals surface area contributed by atoms with Crippen LogP contribution in [-0.2, 0) is 0 Å². The van der Waals surface area contributed by atoms with Gasteiger partial charge in [0.25, 0.3) is 0 Å². The van der Waals surface area contributed by atoms with Crippen LogP contribution in [0.25, 0.3) is 11.4 Å². The monoisotopic (exact) mass is 291 g/mol. The molecular formula is C14H18ClN5. The van der Waals surface area contributed by atoms with Gasteiger partial charge in [0.1, 0.15) is 0 Å². The molecule has 1 fully saturated rings. The van der Waals surface area contributed by atoms with Gasteiger partial charge in [-0.25, -0.2) is 4.68 Å². The number of hydrogen-bond acceptors (Lipinski definition) is 4. The normalized spacial score (nSPS) is 21.2. The van der Waals surface area contributed by atoms with Crippen molar-refractivity contribution in [1.29, 1.82) is 0 Å². The Hall–Kier alpha value is -1.62. The summed E-state index contributed by atoms with van der Waals surface area (Å²) in [5, 5.41) is 12.8. The molecule has 3 rings (SSSR count). The highest BCUT2D eigenvalue weighted by atomic mass is 35.5. The summed E-state index contributed by atoms with van der Waals surface area (Å²) in [6, 6.07) is 5.73. The second-order valence-corrected chi connectivity index (χ2v) is 6.51. The molecule has 106 valence electrons. The Balaban J connectivity index is 2.06. The summed E-state index contributed by atoms with van der Waals surface area (Å²) < 4.78 is 1.92. The van der Waals surface area contributed by atoms with Crippen LogP contribution in [0.3, 0.4) is 0 Å². The van der Waals surface area contributed by atoms with Crippen LogP contribution in [-0.4, -0.2) is 20.2 Å². The molecule has 6 heteroatoms. The molecule has 0 radical (unpaired) electrons. The average molecular weight is 292 g/mol. The third-order valence-electron chi connectivity index (χ3n) is 4.24. The van der Waals surface area contributed by atoms with Crippen LogP contribution in [0.15, 0.2) is 18.2 Å². The van der Waals surface area contributed by atoms with Gasteiger partial charge in [0, 0.05) is 16.3 Å². The van der Waals surface area contributed by atoms with Crippen LogP contribution in [0.4, 0.5) is 5.69 Å². The van der Waals surface area contributed by atoms with Gasteiger partial charge < -0.3 is 5.73 Å². The fourth-order valence-electron chi connectivity index (χ4n) is 3.08. The minimum Gasteiger partial charge on any atom is -0.398 e. The van der Waals surface area contributed by atoms with E-state index < -0.39 is 0 Å². The summed E-state index contributed by atoms with van der Waals surface area (Å²) in [4.78, 5) is 0. The average Bonchev–Trinajstić information content (AvgIpc) is 2.95. The lowest BCUT2D eigenvalue weighted by atomic mass is 9.87. The number of aromatic nitrogens is 4. The van der Waals surface area contributed by atoms with Gasteiger partial charge in [-0.3, -0.25) is 0 Å². The molecular weight excluding hydrogens is 274 g/mol. The van der Waals surface area contributed by atoms with Crippen molar-refractivity contribution in [3.63, 3.8) is 0 Å². The van der Waals surface area contributed by atoms with Gasteiger partial charge in [-0.2, -0.15) is 0 Å². The smallest absolute Gasteiger partial charge is 0.184 e. The summed E-state index contributed by atoms with van der Waals surface area (Å²) >= 11 is 5.95. The standard InChI is InChI=1S/C14H18ClN5/c1-14(2)7-3-4-12(14)20-13(17-18-19-20)10-6-5-9(15)8-11(10)16/h5-6,8,12H,3-4,7,16H2,1-2H3. The molecule has 20 heavy (non-hydrogen) atoms. The lowest BCUT2D eigenvalue weighted by Crippen LogP contribution is -2.23. The Morgan fingerprint density at radius 1 is 1.40 bits per heavy atom. The first-order valence-electron chi connectivity index (χ1n) is 6.82. The zero-order chi connectivity index (χ0) is 14.3. The Labute approximate surface area is 123 Å². The molecule has 1 aliphatic carbocycles. The van der Waals surface area contributed by atoms with Crippen molar-refractivity contribution >= 4 is 17.3 Å². The number of anilines is 1. The van der Waals surface area contributed by atoms with E-state index in [0.717, 1.165) is 17.8 Å². The first-order valence-corrected chi connectivity index (χ1v) is 7.20. The number of nitrogen functional groups attached to an aromatic ring is 1. The Morgan fingerprint density at radius 2 is 2.20 bits per heavy atom. The molecule has 2 N–H and O–H groups in total. The fraction of sp³-hybridized carbons (Fsp3) is 0.500. The minimum absolute atomic E-state index is 0.200. The van der Waals surface area contributed by atoms with E-state index in [1.165, 1.54) is 12.8 Å². The molecule has 1 atom stereocenters. The summed E-state index contributed by atoms with van der Waals surface area (Å²) in [6.07, 6.45) is 3.48. The van der Waals surface area contributed by atoms with Gasteiger partial charge in [0.15, 0.2) is 5.82 Å². The molecule has 1 aromatic carbocycles. The molecule has 1 aliphatic rings. The predicted octanol–water partition coefficient (Wildman–Crippen LogP) is 3.33. The largest absolute Gasteiger partial charge is 0.398 e. The lowest BCUT2D eigenvalue weighted by molar-refractivity contribution is 0.242. The van der Waals surface area contributed by atoms with Gasteiger partial charge in [-0.05, 0) is 46.9 Å². The number of nitrogens with zero attached hydrogens (tertiary/aromatic N) is 4. The lowest BCUT2D eigenvalue weighted by Gasteiger charge is -2.27. The van der Waals surface area contributed by atoms with E-state index in [4.69, 9.17) is 17.3 Å². The van der Waals surface area contributed by atoms with Crippen LogP contribution in [0, 0.1) is 5.41 Å². The molecule has 0 spiro atoms. The summed E-state index contributed by atoms with van der Waals surface area (Å²) in [6.45, 7) is 4.53. The van der Waals surface area contributed by atoms with Crippen molar-refractivity contribution in [3.05, 3.63) is 23.2 Å². The Morgan fingerprint density at radius 3 is 2.85 bits per heavy atom. The van der Waals surface area contributed by atoms with Crippen LogP contribution in [0.1, 0.15) is 39.2 Å². The number of hydrogen-bond donors (Lipinski definition) is 1. The number of halogens is 1. The van der Waals surface area contributed by atoms with Crippen molar-refractivity contribution in [2.45, 2.75) is 39.2 Å². The van der Waals surface area contributed by atoms with Crippen molar-refractivity contribution in [2.24, 2.45) is 5.41 Å². The highest BCUT2D eigenvalue weighted by molar-refractivity contribution is 6.31. The maximum atomic E-state index is 6.05. The quantitative estimate of drug-likeness (QED) is 0.862. The molecule has 0 amide bonds. The fourth-order valence-corrected chi connectivity index (χ4v) is 3.26. The Kier molecular flexibility index (Phi) is 3.17. The first-order chi connectivity index (χ1) is 9.49. The van der Waals surface area contributed by atoms with E-state index >= 15 is 0 Å². The zero-order valence-corrected chi connectivity index (χ0v) is 12.4. The third-order valence-corrected chi connectivity index (χ3v) is 4.48. The van der Waals surface area contributed by atoms with Gasteiger partial charge in [0.05, 0.1) is 6.04 Å². The highest BCUT2D eigenvalue weighted by Gasteiger charge is 2.38. The first kappa shape index (κ1) is 13.4. The van der Waals surface area contributed by atoms with Gasteiger partial charge >= 0.3 is 0 Å². The second kappa shape index (κ2) is 4.74. The molecule has 1 heterocycles. The molecule has 0 saturated heterocycles. The molecule has 1 unspecified atom stereocenters. The third kappa shape index (κ3) is 2.16. The zero-order valence-electron chi connectivity index (χ0n) is 11.7. The van der Waals surface area contributed by atoms with E-state index in [0.29, 0.717) is 16.8 Å². The molecule has 5 nitrogen and oxygen atoms in total. The summed E-state index contributed by atoms with van der Waals surface area (Å²) in [5.74, 6) is 0.721. The second-order valence-electron chi connectivity index (χ2n) is 6.08. The van der Waals surface area contributed by atoms with Crippen molar-refractivity contribution in [3.8, 4) is 11.4 Å². The maximum Gasteiger partial charge on any atom is 0.184 e. The van der Waals surface area contributed by atoms with Crippen molar-refractivity contribution in [1.82, 2.24) is 20.2 Å². The maximum absolute atomic E-state index is 6.05. The van der Waals surface area contributed by atoms with Gasteiger partial charge in [-0.1, -0.05) is 31.9 Å². The highest BCUT2D eigenvalue weighted by Crippen LogP contribution is 2.46. The minimum atomic E-state index is 0.200. The molecule has 2 aromatic rings. The van der Waals surface area contributed by atoms with Crippen LogP contribution in [0.5, 0.6) is 0 Å². The SMILES string of the molecule is CC1(C)CCCC1n1nnnc1-c1ccc(Cl)cc1N. The Bertz CT molecular complexity index is 634. The number of benzene rings is 1. The van der Waals surface area contributed by atoms with E-state index in [1.807, 2.05) is 16.8 Å². The molecule has 0 bridgehead atoms. The van der Waals surface area contributed by atoms with E-state index in [2.05, 4.69) is 29.4 Å². The number of tetrazole rings is 1. The molecule has 1 aromatic heterocycles. The number of rotatable bonds is 2. The topological polar surface area (TPSA) is 69.6 Å². The number of nitrogens with two attached hydrogens (primary N) is 1. The van der Waals surface area contributed by atoms with E-state index in [9.17, 15) is 0 Å². The van der Waals surface area contributed by atoms with E-state index in [1.54, 1.807) is 6.07 Å². The molecule has 1 saturated carbocycles.